The quantitative estimate of drug-likeness (QED) is 0.576. The first-order valence-electron chi connectivity index (χ1n) is 6.02. The molecule has 15 heavy (non-hydrogen) atoms. The van der Waals surface area contributed by atoms with E-state index in [1.807, 2.05) is 0 Å². The highest BCUT2D eigenvalue weighted by atomic mass is 16.2. The summed E-state index contributed by atoms with van der Waals surface area (Å²) in [4.78, 5) is 0. The lowest BCUT2D eigenvalue weighted by atomic mass is 9.89. The molecule has 0 rings (SSSR count). The van der Waals surface area contributed by atoms with Crippen molar-refractivity contribution in [1.82, 2.24) is 5.32 Å². The van der Waals surface area contributed by atoms with Crippen molar-refractivity contribution in [2.75, 3.05) is 13.2 Å². The number of hydrogen-bond acceptors (Lipinski definition) is 3. The molecule has 0 aromatic rings. The monoisotopic (exact) mass is 216 g/mol. The maximum absolute atomic E-state index is 8.76. The van der Waals surface area contributed by atoms with E-state index in [4.69, 9.17) is 10.8 Å². The molecule has 0 saturated carbocycles. The van der Waals surface area contributed by atoms with Gasteiger partial charge in [-0.2, -0.15) is 0 Å². The average Bonchev–Trinajstić information content (AvgIpc) is 2.13. The van der Waals surface area contributed by atoms with Crippen LogP contribution in [0.15, 0.2) is 0 Å². The second-order valence-electron chi connectivity index (χ2n) is 5.27. The Hall–Kier alpha value is -0.120. The minimum atomic E-state index is 0.0308. The summed E-state index contributed by atoms with van der Waals surface area (Å²) in [5.74, 6) is 0.649. The first kappa shape index (κ1) is 14.9. The van der Waals surface area contributed by atoms with Crippen LogP contribution in [0, 0.1) is 5.92 Å². The number of nitrogens with one attached hydrogen (secondary N) is 1. The van der Waals surface area contributed by atoms with Gasteiger partial charge in [0.1, 0.15) is 0 Å². The molecule has 92 valence electrons. The van der Waals surface area contributed by atoms with Crippen LogP contribution in [0.5, 0.6) is 0 Å². The highest BCUT2D eigenvalue weighted by Gasteiger charge is 2.24. The van der Waals surface area contributed by atoms with Crippen LogP contribution in [0.25, 0.3) is 0 Å². The summed E-state index contributed by atoms with van der Waals surface area (Å²) in [5, 5.41) is 12.3. The van der Waals surface area contributed by atoms with Gasteiger partial charge < -0.3 is 16.2 Å². The van der Waals surface area contributed by atoms with Gasteiger partial charge in [-0.1, -0.05) is 13.8 Å². The van der Waals surface area contributed by atoms with Gasteiger partial charge in [-0.25, -0.2) is 0 Å². The number of hydrogen-bond donors (Lipinski definition) is 3. The Bertz CT molecular complexity index is 162. The smallest absolute Gasteiger partial charge is 0.0431 e. The standard InChI is InChI=1S/C12H28N2O/c1-10(2)8-12(4,9-13)14-11(3)6-5-7-15/h10-11,14-15H,5-9,13H2,1-4H3. The van der Waals surface area contributed by atoms with Gasteiger partial charge in [0.2, 0.25) is 0 Å². The Kier molecular flexibility index (Phi) is 7.14. The molecule has 0 aromatic heterocycles. The average molecular weight is 216 g/mol. The minimum absolute atomic E-state index is 0.0308. The van der Waals surface area contributed by atoms with Gasteiger partial charge in [-0.05, 0) is 39.0 Å². The molecule has 0 bridgehead atoms. The zero-order valence-electron chi connectivity index (χ0n) is 10.7. The van der Waals surface area contributed by atoms with Crippen LogP contribution in [0.3, 0.4) is 0 Å². The fourth-order valence-corrected chi connectivity index (χ4v) is 2.17. The fraction of sp³-hybridized carbons (Fsp3) is 1.00. The van der Waals surface area contributed by atoms with Crippen molar-refractivity contribution in [2.45, 2.75) is 58.5 Å². The summed E-state index contributed by atoms with van der Waals surface area (Å²) in [7, 11) is 0. The second kappa shape index (κ2) is 7.20. The van der Waals surface area contributed by atoms with Crippen LogP contribution in [0.4, 0.5) is 0 Å². The van der Waals surface area contributed by atoms with Crippen LogP contribution in [0.2, 0.25) is 0 Å². The first-order valence-corrected chi connectivity index (χ1v) is 6.02. The van der Waals surface area contributed by atoms with Crippen LogP contribution in [0.1, 0.15) is 47.0 Å². The third-order valence-corrected chi connectivity index (χ3v) is 2.70. The third-order valence-electron chi connectivity index (χ3n) is 2.70. The van der Waals surface area contributed by atoms with Crippen molar-refractivity contribution in [3.8, 4) is 0 Å². The molecule has 0 radical (unpaired) electrons. The number of rotatable bonds is 8. The molecule has 4 N–H and O–H groups in total. The molecule has 0 fully saturated rings. The molecular weight excluding hydrogens is 188 g/mol. The summed E-state index contributed by atoms with van der Waals surface area (Å²) in [6.45, 7) is 9.71. The van der Waals surface area contributed by atoms with E-state index in [-0.39, 0.29) is 12.1 Å². The number of aliphatic hydroxyl groups is 1. The van der Waals surface area contributed by atoms with Gasteiger partial charge in [0.25, 0.3) is 0 Å². The van der Waals surface area contributed by atoms with E-state index >= 15 is 0 Å². The summed E-state index contributed by atoms with van der Waals surface area (Å²) in [6, 6.07) is 0.421. The minimum Gasteiger partial charge on any atom is -0.396 e. The summed E-state index contributed by atoms with van der Waals surface area (Å²) >= 11 is 0. The van der Waals surface area contributed by atoms with Gasteiger partial charge in [-0.15, -0.1) is 0 Å². The maximum Gasteiger partial charge on any atom is 0.0431 e. The van der Waals surface area contributed by atoms with E-state index in [2.05, 4.69) is 33.0 Å². The van der Waals surface area contributed by atoms with Crippen LogP contribution >= 0.6 is 0 Å². The van der Waals surface area contributed by atoms with E-state index in [0.717, 1.165) is 19.3 Å². The maximum atomic E-state index is 8.76. The summed E-state index contributed by atoms with van der Waals surface area (Å²) in [6.07, 6.45) is 2.95. The molecule has 0 heterocycles. The van der Waals surface area contributed by atoms with Gasteiger partial charge in [0, 0.05) is 24.7 Å². The highest BCUT2D eigenvalue weighted by Crippen LogP contribution is 2.16. The number of aliphatic hydroxyl groups excluding tert-OH is 1. The van der Waals surface area contributed by atoms with Gasteiger partial charge in [0.15, 0.2) is 0 Å². The van der Waals surface area contributed by atoms with Crippen LogP contribution in [-0.2, 0) is 0 Å². The van der Waals surface area contributed by atoms with Crippen molar-refractivity contribution in [2.24, 2.45) is 11.7 Å². The molecule has 0 aliphatic heterocycles. The normalized spacial score (nSPS) is 17.8. The van der Waals surface area contributed by atoms with E-state index in [0.29, 0.717) is 18.5 Å². The molecule has 0 aromatic carbocycles. The van der Waals surface area contributed by atoms with E-state index < -0.39 is 0 Å². The van der Waals surface area contributed by atoms with Crippen molar-refractivity contribution in [3.63, 3.8) is 0 Å². The topological polar surface area (TPSA) is 58.3 Å². The Morgan fingerprint density at radius 1 is 1.33 bits per heavy atom. The van der Waals surface area contributed by atoms with E-state index in [9.17, 15) is 0 Å². The largest absolute Gasteiger partial charge is 0.396 e. The van der Waals surface area contributed by atoms with Crippen molar-refractivity contribution >= 4 is 0 Å². The molecule has 0 aliphatic carbocycles. The van der Waals surface area contributed by atoms with Gasteiger partial charge in [-0.3, -0.25) is 0 Å². The van der Waals surface area contributed by atoms with Crippen molar-refractivity contribution < 1.29 is 5.11 Å². The molecule has 3 heteroatoms. The highest BCUT2D eigenvalue weighted by molar-refractivity contribution is 4.87. The molecule has 2 atom stereocenters. The SMILES string of the molecule is CC(C)CC(C)(CN)NC(C)CCCO. The Balaban J connectivity index is 4.05. The van der Waals surface area contributed by atoms with Crippen molar-refractivity contribution in [1.29, 1.82) is 0 Å². The third kappa shape index (κ3) is 6.88. The fourth-order valence-electron chi connectivity index (χ4n) is 2.17. The Labute approximate surface area is 94.4 Å². The predicted molar refractivity (Wildman–Crippen MR) is 65.8 cm³/mol. The van der Waals surface area contributed by atoms with E-state index in [1.54, 1.807) is 0 Å². The Morgan fingerprint density at radius 2 is 1.93 bits per heavy atom. The molecule has 0 aliphatic rings. The molecule has 0 saturated heterocycles. The lowest BCUT2D eigenvalue weighted by Crippen LogP contribution is -2.53. The zero-order chi connectivity index (χ0) is 11.9. The lowest BCUT2D eigenvalue weighted by Gasteiger charge is -2.34. The molecular formula is C12H28N2O. The van der Waals surface area contributed by atoms with E-state index in [1.165, 1.54) is 0 Å². The van der Waals surface area contributed by atoms with Crippen LogP contribution < -0.4 is 11.1 Å². The van der Waals surface area contributed by atoms with Gasteiger partial charge in [0.05, 0.1) is 0 Å². The first-order chi connectivity index (χ1) is 6.93. The summed E-state index contributed by atoms with van der Waals surface area (Å²) in [5.41, 5.74) is 5.85. The van der Waals surface area contributed by atoms with Crippen molar-refractivity contribution in [3.05, 3.63) is 0 Å². The van der Waals surface area contributed by atoms with Gasteiger partial charge >= 0.3 is 0 Å². The zero-order valence-corrected chi connectivity index (χ0v) is 10.7. The summed E-state index contributed by atoms with van der Waals surface area (Å²) < 4.78 is 0. The predicted octanol–water partition coefficient (Wildman–Crippen LogP) is 1.50. The molecule has 0 spiro atoms. The molecule has 3 nitrogen and oxygen atoms in total. The van der Waals surface area contributed by atoms with Crippen LogP contribution in [-0.4, -0.2) is 29.8 Å². The molecule has 0 amide bonds. The Morgan fingerprint density at radius 3 is 2.33 bits per heavy atom. The number of nitrogens with two attached hydrogens (primary N) is 1. The molecule has 2 unspecified atom stereocenters. The lowest BCUT2D eigenvalue weighted by molar-refractivity contribution is 0.243. The second-order valence-corrected chi connectivity index (χ2v) is 5.27.